The van der Waals surface area contributed by atoms with Gasteiger partial charge in [0.05, 0.1) is 0 Å². The predicted octanol–water partition coefficient (Wildman–Crippen LogP) is 2.30. The number of piperidine rings is 1. The van der Waals surface area contributed by atoms with Gasteiger partial charge in [-0.2, -0.15) is 13.2 Å². The van der Waals surface area contributed by atoms with Gasteiger partial charge < -0.3 is 0 Å². The van der Waals surface area contributed by atoms with Gasteiger partial charge in [0, 0.05) is 18.6 Å². The number of rotatable bonds is 2. The minimum Gasteiger partial charge on any atom is -0.299 e. The van der Waals surface area contributed by atoms with Crippen LogP contribution in [0.5, 0.6) is 0 Å². The zero-order valence-electron chi connectivity index (χ0n) is 9.89. The van der Waals surface area contributed by atoms with Gasteiger partial charge in [0.2, 0.25) is 0 Å². The van der Waals surface area contributed by atoms with Crippen molar-refractivity contribution < 1.29 is 13.2 Å². The first-order chi connectivity index (χ1) is 8.02. The molecular weight excluding hydrogens is 229 g/mol. The fourth-order valence-electron chi connectivity index (χ4n) is 3.41. The summed E-state index contributed by atoms with van der Waals surface area (Å²) >= 11 is 0. The zero-order chi connectivity index (χ0) is 12.1. The van der Waals surface area contributed by atoms with Crippen LogP contribution in [-0.2, 0) is 0 Å². The Kier molecular flexibility index (Phi) is 2.67. The molecule has 2 saturated heterocycles. The summed E-state index contributed by atoms with van der Waals surface area (Å²) in [5.41, 5.74) is -1.54. The molecule has 5 heteroatoms. The molecule has 17 heavy (non-hydrogen) atoms. The summed E-state index contributed by atoms with van der Waals surface area (Å²) in [6.07, 6.45) is 0.759. The Morgan fingerprint density at radius 3 is 2.47 bits per heavy atom. The molecule has 1 saturated carbocycles. The Balaban J connectivity index is 1.66. The van der Waals surface area contributed by atoms with Crippen molar-refractivity contribution >= 4 is 0 Å². The number of fused-ring (bicyclic) bond motifs is 1. The molecule has 98 valence electrons. The normalized spacial score (nSPS) is 36.9. The van der Waals surface area contributed by atoms with Crippen molar-refractivity contribution in [2.24, 2.45) is 0 Å². The lowest BCUT2D eigenvalue weighted by molar-refractivity contribution is -0.168. The monoisotopic (exact) mass is 248 g/mol. The molecule has 0 spiro atoms. The molecule has 2 aliphatic heterocycles. The largest absolute Gasteiger partial charge is 0.406 e. The average molecular weight is 248 g/mol. The molecule has 1 aliphatic carbocycles. The highest BCUT2D eigenvalue weighted by atomic mass is 19.4. The van der Waals surface area contributed by atoms with Gasteiger partial charge in [-0.1, -0.05) is 6.42 Å². The molecule has 0 amide bonds. The van der Waals surface area contributed by atoms with Crippen molar-refractivity contribution in [2.75, 3.05) is 13.1 Å². The van der Waals surface area contributed by atoms with E-state index in [0.29, 0.717) is 6.04 Å². The van der Waals surface area contributed by atoms with E-state index in [0.717, 1.165) is 25.9 Å². The Labute approximate surface area is 99.5 Å². The SMILES string of the molecule is FC(F)(F)C1(NC2CCN3CCCCC23)CC1. The quantitative estimate of drug-likeness (QED) is 0.806. The second-order valence-electron chi connectivity index (χ2n) is 5.72. The van der Waals surface area contributed by atoms with Gasteiger partial charge in [-0.25, -0.2) is 0 Å². The summed E-state index contributed by atoms with van der Waals surface area (Å²) in [5, 5.41) is 2.94. The Hall–Kier alpha value is -0.290. The Morgan fingerprint density at radius 2 is 1.82 bits per heavy atom. The van der Waals surface area contributed by atoms with Crippen molar-refractivity contribution in [1.82, 2.24) is 10.2 Å². The highest BCUT2D eigenvalue weighted by Crippen LogP contribution is 2.50. The highest BCUT2D eigenvalue weighted by Gasteiger charge is 2.64. The molecule has 2 nitrogen and oxygen atoms in total. The summed E-state index contributed by atoms with van der Waals surface area (Å²) in [5.74, 6) is 0. The van der Waals surface area contributed by atoms with E-state index in [1.165, 1.54) is 12.8 Å². The van der Waals surface area contributed by atoms with E-state index in [1.54, 1.807) is 0 Å². The molecule has 2 atom stereocenters. The number of hydrogen-bond acceptors (Lipinski definition) is 2. The summed E-state index contributed by atoms with van der Waals surface area (Å²) in [4.78, 5) is 2.37. The van der Waals surface area contributed by atoms with Crippen LogP contribution in [0.3, 0.4) is 0 Å². The van der Waals surface area contributed by atoms with Crippen LogP contribution in [-0.4, -0.2) is 41.8 Å². The number of nitrogens with one attached hydrogen (secondary N) is 1. The summed E-state index contributed by atoms with van der Waals surface area (Å²) in [7, 11) is 0. The second kappa shape index (κ2) is 3.85. The third-order valence-electron chi connectivity index (χ3n) is 4.61. The summed E-state index contributed by atoms with van der Waals surface area (Å²) < 4.78 is 38.7. The molecule has 0 radical (unpaired) electrons. The van der Waals surface area contributed by atoms with Gasteiger partial charge in [-0.3, -0.25) is 10.2 Å². The van der Waals surface area contributed by atoms with Crippen LogP contribution in [0.4, 0.5) is 13.2 Å². The fraction of sp³-hybridized carbons (Fsp3) is 1.00. The lowest BCUT2D eigenvalue weighted by Gasteiger charge is -2.35. The zero-order valence-corrected chi connectivity index (χ0v) is 9.89. The molecular formula is C12H19F3N2. The van der Waals surface area contributed by atoms with Crippen LogP contribution in [0.25, 0.3) is 0 Å². The first-order valence-electron chi connectivity index (χ1n) is 6.60. The van der Waals surface area contributed by atoms with Crippen LogP contribution >= 0.6 is 0 Å². The number of nitrogens with zero attached hydrogens (tertiary/aromatic N) is 1. The fourth-order valence-corrected chi connectivity index (χ4v) is 3.41. The Bertz CT molecular complexity index is 299. The van der Waals surface area contributed by atoms with Crippen molar-refractivity contribution in [3.63, 3.8) is 0 Å². The highest BCUT2D eigenvalue weighted by molar-refractivity contribution is 5.11. The first-order valence-corrected chi connectivity index (χ1v) is 6.60. The maximum absolute atomic E-state index is 12.9. The van der Waals surface area contributed by atoms with Gasteiger partial charge in [0.25, 0.3) is 0 Å². The van der Waals surface area contributed by atoms with Crippen LogP contribution in [0.2, 0.25) is 0 Å². The molecule has 0 aromatic carbocycles. The topological polar surface area (TPSA) is 15.3 Å². The van der Waals surface area contributed by atoms with E-state index in [9.17, 15) is 13.2 Å². The lowest BCUT2D eigenvalue weighted by atomic mass is 9.98. The van der Waals surface area contributed by atoms with Gasteiger partial charge >= 0.3 is 6.18 Å². The lowest BCUT2D eigenvalue weighted by Crippen LogP contribution is -2.54. The van der Waals surface area contributed by atoms with Crippen molar-refractivity contribution in [3.8, 4) is 0 Å². The van der Waals surface area contributed by atoms with Crippen LogP contribution < -0.4 is 5.32 Å². The van der Waals surface area contributed by atoms with E-state index in [2.05, 4.69) is 10.2 Å². The molecule has 3 rings (SSSR count). The van der Waals surface area contributed by atoms with Crippen LogP contribution in [0.1, 0.15) is 38.5 Å². The minimum absolute atomic E-state index is 0.0550. The van der Waals surface area contributed by atoms with E-state index < -0.39 is 11.7 Å². The van der Waals surface area contributed by atoms with E-state index in [4.69, 9.17) is 0 Å². The molecule has 3 fully saturated rings. The van der Waals surface area contributed by atoms with Crippen LogP contribution in [0, 0.1) is 0 Å². The van der Waals surface area contributed by atoms with Crippen molar-refractivity contribution in [2.45, 2.75) is 62.3 Å². The van der Waals surface area contributed by atoms with Crippen LogP contribution in [0.15, 0.2) is 0 Å². The smallest absolute Gasteiger partial charge is 0.299 e. The standard InChI is InChI=1S/C12H19F3N2/c13-12(14,15)11(5-6-11)16-9-4-8-17-7-2-1-3-10(9)17/h9-10,16H,1-8H2. The van der Waals surface area contributed by atoms with E-state index in [1.807, 2.05) is 0 Å². The van der Waals surface area contributed by atoms with Crippen molar-refractivity contribution in [3.05, 3.63) is 0 Å². The van der Waals surface area contributed by atoms with Gasteiger partial charge in [-0.15, -0.1) is 0 Å². The predicted molar refractivity (Wildman–Crippen MR) is 58.8 cm³/mol. The maximum Gasteiger partial charge on any atom is 0.406 e. The molecule has 0 aromatic rings. The van der Waals surface area contributed by atoms with Gasteiger partial charge in [-0.05, 0) is 38.6 Å². The summed E-state index contributed by atoms with van der Waals surface area (Å²) in [6, 6.07) is 0.406. The summed E-state index contributed by atoms with van der Waals surface area (Å²) in [6.45, 7) is 2.04. The molecule has 1 N–H and O–H groups in total. The van der Waals surface area contributed by atoms with Crippen molar-refractivity contribution in [1.29, 1.82) is 0 Å². The van der Waals surface area contributed by atoms with E-state index in [-0.39, 0.29) is 18.9 Å². The molecule has 0 bridgehead atoms. The molecule has 2 unspecified atom stereocenters. The van der Waals surface area contributed by atoms with Gasteiger partial charge in [0.15, 0.2) is 0 Å². The third-order valence-corrected chi connectivity index (χ3v) is 4.61. The maximum atomic E-state index is 12.9. The number of halogens is 3. The minimum atomic E-state index is -4.07. The third kappa shape index (κ3) is 1.97. The van der Waals surface area contributed by atoms with Gasteiger partial charge in [0.1, 0.15) is 5.54 Å². The molecule has 2 heterocycles. The number of alkyl halides is 3. The average Bonchev–Trinajstić information content (AvgIpc) is 2.95. The second-order valence-corrected chi connectivity index (χ2v) is 5.72. The molecule has 3 aliphatic rings. The first kappa shape index (κ1) is 11.8. The molecule has 0 aromatic heterocycles. The van der Waals surface area contributed by atoms with E-state index >= 15 is 0 Å². The Morgan fingerprint density at radius 1 is 1.06 bits per heavy atom. The number of hydrogen-bond donors (Lipinski definition) is 1.